The van der Waals surface area contributed by atoms with Gasteiger partial charge in [0.25, 0.3) is 0 Å². The summed E-state index contributed by atoms with van der Waals surface area (Å²) in [7, 11) is 0. The third-order valence-electron chi connectivity index (χ3n) is 18.9. The lowest BCUT2D eigenvalue weighted by molar-refractivity contribution is -0.379. The van der Waals surface area contributed by atoms with Crippen LogP contribution in [0.15, 0.2) is 11.6 Å². The van der Waals surface area contributed by atoms with E-state index in [9.17, 15) is 45.6 Å². The lowest BCUT2D eigenvalue weighted by atomic mass is 9.33. The molecule has 8 rings (SSSR count). The zero-order valence-electron chi connectivity index (χ0n) is 38.2. The van der Waals surface area contributed by atoms with E-state index in [0.29, 0.717) is 18.8 Å². The van der Waals surface area contributed by atoms with Gasteiger partial charge in [0, 0.05) is 0 Å². The van der Waals surface area contributed by atoms with Crippen LogP contribution in [0, 0.1) is 50.2 Å². The first kappa shape index (κ1) is 47.2. The molecule has 0 amide bonds. The van der Waals surface area contributed by atoms with Gasteiger partial charge in [0.1, 0.15) is 54.9 Å². The van der Waals surface area contributed by atoms with E-state index in [1.807, 2.05) is 0 Å². The maximum absolute atomic E-state index is 13.1. The van der Waals surface area contributed by atoms with Gasteiger partial charge < -0.3 is 69.3 Å². The second kappa shape index (κ2) is 16.2. The molecule has 15 nitrogen and oxygen atoms in total. The summed E-state index contributed by atoms with van der Waals surface area (Å²) in [6, 6.07) is 0. The number of aliphatic hydroxyl groups excluding tert-OH is 7. The number of hydrogen-bond donors (Lipinski definition) is 8. The van der Waals surface area contributed by atoms with Crippen molar-refractivity contribution in [1.29, 1.82) is 0 Å². The number of hydrogen-bond acceptors (Lipinski definition) is 14. The van der Waals surface area contributed by atoms with Crippen molar-refractivity contribution >= 4 is 5.97 Å². The van der Waals surface area contributed by atoms with Crippen LogP contribution in [0.1, 0.15) is 127 Å². The van der Waals surface area contributed by atoms with Crippen molar-refractivity contribution in [3.8, 4) is 0 Å². The summed E-state index contributed by atoms with van der Waals surface area (Å²) >= 11 is 0. The molecule has 62 heavy (non-hydrogen) atoms. The average Bonchev–Trinajstić information content (AvgIpc) is 3.20. The molecule has 0 aromatic heterocycles. The standard InChI is InChI=1S/C47H76O15/c1-22-30(48)33(51)35(53)38(58-22)60-26-21-57-40(37(32(26)50)62-39-36(54)34(52)31(49)23(2)59-39)61-29-13-14-44(7)27(43(29,5)6)12-15-46(9)28(44)11-10-24-25-20-42(3,4)16-18-47(25,41(55)56)19-17-45(24,46)8/h10,22-23,25-40,48-54H,11-21H2,1-9H3,(H,55,56)/t22-,23-,25-,26-,27-,28+,29-,30-,31-,32-,33+,34+,35+,36+,37+,38-,39-,40-,44-,45+,46+,47-/m0/s1. The van der Waals surface area contributed by atoms with Gasteiger partial charge in [-0.3, -0.25) is 4.79 Å². The van der Waals surface area contributed by atoms with E-state index < -0.39 is 97.4 Å². The number of rotatable bonds is 7. The van der Waals surface area contributed by atoms with E-state index in [1.165, 1.54) is 19.4 Å². The van der Waals surface area contributed by atoms with Crippen LogP contribution in [-0.4, -0.2) is 146 Å². The number of carboxylic acids is 1. The first-order chi connectivity index (χ1) is 28.8. The summed E-state index contributed by atoms with van der Waals surface area (Å²) in [5.74, 6) is 0.0262. The molecule has 3 aliphatic heterocycles. The molecular formula is C47H76O15. The minimum absolute atomic E-state index is 0.0272. The van der Waals surface area contributed by atoms with Crippen LogP contribution in [0.2, 0.25) is 0 Å². The van der Waals surface area contributed by atoms with Crippen LogP contribution < -0.4 is 0 Å². The minimum Gasteiger partial charge on any atom is -0.481 e. The average molecular weight is 881 g/mol. The summed E-state index contributed by atoms with van der Waals surface area (Å²) in [5, 5.41) is 86.1. The van der Waals surface area contributed by atoms with Crippen LogP contribution in [-0.2, 0) is 33.2 Å². The normalized spacial score (nSPS) is 54.8. The molecule has 15 heteroatoms. The maximum Gasteiger partial charge on any atom is 0.310 e. The zero-order chi connectivity index (χ0) is 45.3. The topological polar surface area (TPSA) is 234 Å². The molecule has 0 unspecified atom stereocenters. The van der Waals surface area contributed by atoms with Gasteiger partial charge in [-0.15, -0.1) is 0 Å². The molecule has 4 saturated carbocycles. The van der Waals surface area contributed by atoms with Gasteiger partial charge in [-0.1, -0.05) is 60.1 Å². The summed E-state index contributed by atoms with van der Waals surface area (Å²) in [6.07, 6.45) is -8.47. The Kier molecular flexibility index (Phi) is 12.3. The monoisotopic (exact) mass is 881 g/mol. The Hall–Kier alpha value is -1.31. The number of fused-ring (bicyclic) bond motifs is 7. The highest BCUT2D eigenvalue weighted by atomic mass is 16.8. The largest absolute Gasteiger partial charge is 0.481 e. The lowest BCUT2D eigenvalue weighted by Crippen LogP contribution is -2.66. The number of aliphatic hydroxyl groups is 7. The summed E-state index contributed by atoms with van der Waals surface area (Å²) < 4.78 is 37.0. The van der Waals surface area contributed by atoms with Crippen molar-refractivity contribution < 1.29 is 74.1 Å². The molecule has 3 heterocycles. The Balaban J connectivity index is 1.04. The van der Waals surface area contributed by atoms with Crippen LogP contribution in [0.3, 0.4) is 0 Å². The van der Waals surface area contributed by atoms with E-state index in [0.717, 1.165) is 51.4 Å². The molecule has 7 fully saturated rings. The molecule has 0 aromatic rings. The van der Waals surface area contributed by atoms with Gasteiger partial charge >= 0.3 is 5.97 Å². The molecule has 354 valence electrons. The molecule has 8 aliphatic rings. The van der Waals surface area contributed by atoms with Gasteiger partial charge in [-0.05, 0) is 123 Å². The molecule has 22 atom stereocenters. The predicted octanol–water partition coefficient (Wildman–Crippen LogP) is 3.40. The van der Waals surface area contributed by atoms with E-state index in [2.05, 4.69) is 54.5 Å². The minimum atomic E-state index is -1.68. The molecule has 8 N–H and O–H groups in total. The number of aliphatic carboxylic acids is 1. The van der Waals surface area contributed by atoms with E-state index in [1.54, 1.807) is 0 Å². The van der Waals surface area contributed by atoms with Gasteiger partial charge in [0.05, 0.1) is 30.3 Å². The SMILES string of the molecule is C[C@@H]1O[C@@H](O[C@H]2[C@H](O[C@H]3CC[C@]4(C)[C@H]5CC=C6[C@@H]7CC(C)(C)CC[C@]7(C(=O)O)CC[C@@]6(C)[C@]5(C)CC[C@H]4C3(C)C)OC[C@H](O[C@@H]3O[C@@H](C)[C@H](O)[C@@H](O)[C@H]3O)[C@@H]2O)[C@H](O)[C@H](O)[C@H]1O. The van der Waals surface area contributed by atoms with E-state index in [4.69, 9.17) is 28.4 Å². The van der Waals surface area contributed by atoms with Crippen LogP contribution in [0.4, 0.5) is 0 Å². The van der Waals surface area contributed by atoms with Gasteiger partial charge in [-0.25, -0.2) is 0 Å². The number of carboxylic acid groups (broad SMARTS) is 1. The Labute approximate surface area is 366 Å². The number of ether oxygens (including phenoxy) is 6. The molecule has 0 bridgehead atoms. The fourth-order valence-electron chi connectivity index (χ4n) is 14.7. The first-order valence-corrected chi connectivity index (χ1v) is 23.4. The smallest absolute Gasteiger partial charge is 0.310 e. The highest BCUT2D eigenvalue weighted by Crippen LogP contribution is 2.76. The van der Waals surface area contributed by atoms with Crippen molar-refractivity contribution in [2.75, 3.05) is 6.61 Å². The lowest BCUT2D eigenvalue weighted by Gasteiger charge is -2.71. The molecule has 0 aromatic carbocycles. The summed E-state index contributed by atoms with van der Waals surface area (Å²) in [4.78, 5) is 13.1. The van der Waals surface area contributed by atoms with Gasteiger partial charge in [0.2, 0.25) is 0 Å². The Morgan fingerprint density at radius 2 is 1.26 bits per heavy atom. The quantitative estimate of drug-likeness (QED) is 0.135. The van der Waals surface area contributed by atoms with Crippen LogP contribution >= 0.6 is 0 Å². The van der Waals surface area contributed by atoms with Crippen LogP contribution in [0.5, 0.6) is 0 Å². The van der Waals surface area contributed by atoms with Crippen molar-refractivity contribution in [3.63, 3.8) is 0 Å². The third kappa shape index (κ3) is 7.20. The number of carbonyl (C=O) groups is 1. The van der Waals surface area contributed by atoms with Crippen molar-refractivity contribution in [1.82, 2.24) is 0 Å². The summed E-state index contributed by atoms with van der Waals surface area (Å²) in [5.41, 5.74) is 0.213. The summed E-state index contributed by atoms with van der Waals surface area (Å²) in [6.45, 7) is 19.3. The highest BCUT2D eigenvalue weighted by molar-refractivity contribution is 5.76. The second-order valence-electron chi connectivity index (χ2n) is 23.0. The molecule has 3 saturated heterocycles. The predicted molar refractivity (Wildman–Crippen MR) is 222 cm³/mol. The van der Waals surface area contributed by atoms with Crippen LogP contribution in [0.25, 0.3) is 0 Å². The second-order valence-corrected chi connectivity index (χ2v) is 23.0. The first-order valence-electron chi connectivity index (χ1n) is 23.4. The van der Waals surface area contributed by atoms with Crippen molar-refractivity contribution in [2.24, 2.45) is 50.2 Å². The molecule has 0 radical (unpaired) electrons. The Bertz CT molecular complexity index is 1710. The maximum atomic E-state index is 13.1. The zero-order valence-corrected chi connectivity index (χ0v) is 38.2. The fourth-order valence-corrected chi connectivity index (χ4v) is 14.7. The van der Waals surface area contributed by atoms with Gasteiger partial charge in [-0.2, -0.15) is 0 Å². The highest BCUT2D eigenvalue weighted by Gasteiger charge is 2.70. The third-order valence-corrected chi connectivity index (χ3v) is 18.9. The van der Waals surface area contributed by atoms with Crippen molar-refractivity contribution in [2.45, 2.75) is 219 Å². The molecular weight excluding hydrogens is 805 g/mol. The van der Waals surface area contributed by atoms with Crippen molar-refractivity contribution in [3.05, 3.63) is 11.6 Å². The Morgan fingerprint density at radius 3 is 1.87 bits per heavy atom. The molecule has 5 aliphatic carbocycles. The van der Waals surface area contributed by atoms with E-state index in [-0.39, 0.29) is 51.6 Å². The van der Waals surface area contributed by atoms with E-state index >= 15 is 0 Å². The van der Waals surface area contributed by atoms with Gasteiger partial charge in [0.15, 0.2) is 18.9 Å². The molecule has 0 spiro atoms. The fraction of sp³-hybridized carbons (Fsp3) is 0.936. The Morgan fingerprint density at radius 1 is 0.661 bits per heavy atom. The number of allylic oxidation sites excluding steroid dienone is 2.